The molecule has 1 saturated heterocycles. The zero-order chi connectivity index (χ0) is 13.8. The number of carbonyl (C=O) groups is 1. The van der Waals surface area contributed by atoms with Gasteiger partial charge in [-0.2, -0.15) is 5.26 Å². The van der Waals surface area contributed by atoms with Crippen molar-refractivity contribution in [2.75, 3.05) is 19.6 Å². The highest BCUT2D eigenvalue weighted by Gasteiger charge is 2.21. The van der Waals surface area contributed by atoms with Crippen molar-refractivity contribution < 1.29 is 4.79 Å². The molecule has 1 aromatic heterocycles. The molecule has 1 amide bonds. The zero-order valence-electron chi connectivity index (χ0n) is 10.2. The van der Waals surface area contributed by atoms with Gasteiger partial charge in [0.15, 0.2) is 0 Å². The fourth-order valence-corrected chi connectivity index (χ4v) is 3.99. The van der Waals surface area contributed by atoms with Crippen molar-refractivity contribution in [3.63, 3.8) is 0 Å². The number of halogens is 2. The second-order valence-corrected chi connectivity index (χ2v) is 7.64. The Morgan fingerprint density at radius 2 is 2.21 bits per heavy atom. The maximum Gasteiger partial charge on any atom is 0.261 e. The monoisotopic (exact) mass is 405 g/mol. The van der Waals surface area contributed by atoms with Gasteiger partial charge in [0.25, 0.3) is 5.91 Å². The number of nitrogens with one attached hydrogen (secondary N) is 1. The third kappa shape index (κ3) is 4.02. The third-order valence-corrected chi connectivity index (χ3v) is 6.34. The highest BCUT2D eigenvalue weighted by Crippen LogP contribution is 2.32. The molecule has 0 aliphatic carbocycles. The van der Waals surface area contributed by atoms with E-state index in [4.69, 9.17) is 5.26 Å². The summed E-state index contributed by atoms with van der Waals surface area (Å²) in [6, 6.07) is 4.20. The highest BCUT2D eigenvalue weighted by molar-refractivity contribution is 9.13. The fourth-order valence-electron chi connectivity index (χ4n) is 2.05. The number of likely N-dealkylation sites (tertiary alicyclic amines) is 1. The summed E-state index contributed by atoms with van der Waals surface area (Å²) in [6.45, 7) is 2.22. The maximum atomic E-state index is 12.1. The van der Waals surface area contributed by atoms with Gasteiger partial charge in [-0.1, -0.05) is 0 Å². The summed E-state index contributed by atoms with van der Waals surface area (Å²) in [5.74, 6) is -0.0184. The molecule has 102 valence electrons. The molecule has 0 bridgehead atoms. The Bertz CT molecular complexity index is 484. The predicted molar refractivity (Wildman–Crippen MR) is 82.3 cm³/mol. The second-order valence-electron chi connectivity index (χ2n) is 4.41. The van der Waals surface area contributed by atoms with Crippen LogP contribution < -0.4 is 5.32 Å². The van der Waals surface area contributed by atoms with Gasteiger partial charge in [0.2, 0.25) is 0 Å². The summed E-state index contributed by atoms with van der Waals surface area (Å²) in [5.41, 5.74) is 0. The number of amides is 1. The second kappa shape index (κ2) is 6.84. The Morgan fingerprint density at radius 1 is 1.53 bits per heavy atom. The SMILES string of the molecule is N#CCN1CCC(NC(=O)c2cc(Br)c(Br)s2)CC1. The van der Waals surface area contributed by atoms with Gasteiger partial charge in [0.1, 0.15) is 0 Å². The van der Waals surface area contributed by atoms with Gasteiger partial charge in [0.05, 0.1) is 21.3 Å². The van der Waals surface area contributed by atoms with E-state index in [1.807, 2.05) is 6.07 Å². The molecular formula is C12H13Br2N3OS. The Kier molecular flexibility index (Phi) is 5.39. The minimum Gasteiger partial charge on any atom is -0.349 e. The van der Waals surface area contributed by atoms with Crippen molar-refractivity contribution in [2.45, 2.75) is 18.9 Å². The van der Waals surface area contributed by atoms with Crippen molar-refractivity contribution in [1.29, 1.82) is 5.26 Å². The lowest BCUT2D eigenvalue weighted by Gasteiger charge is -2.30. The lowest BCUT2D eigenvalue weighted by Crippen LogP contribution is -2.44. The molecule has 1 fully saturated rings. The van der Waals surface area contributed by atoms with Crippen LogP contribution >= 0.6 is 43.2 Å². The van der Waals surface area contributed by atoms with Crippen molar-refractivity contribution in [3.05, 3.63) is 19.2 Å². The number of hydrogen-bond donors (Lipinski definition) is 1. The number of carbonyl (C=O) groups excluding carboxylic acids is 1. The molecule has 4 nitrogen and oxygen atoms in total. The van der Waals surface area contributed by atoms with Crippen LogP contribution in [0.1, 0.15) is 22.5 Å². The van der Waals surface area contributed by atoms with Crippen molar-refractivity contribution in [3.8, 4) is 6.07 Å². The van der Waals surface area contributed by atoms with E-state index in [9.17, 15) is 4.79 Å². The molecule has 0 unspecified atom stereocenters. The average molecular weight is 407 g/mol. The summed E-state index contributed by atoms with van der Waals surface area (Å²) in [4.78, 5) is 14.9. The molecule has 0 atom stereocenters. The number of piperidine rings is 1. The van der Waals surface area contributed by atoms with Gasteiger partial charge in [-0.3, -0.25) is 9.69 Å². The van der Waals surface area contributed by atoms with Gasteiger partial charge in [0, 0.05) is 23.6 Å². The van der Waals surface area contributed by atoms with Gasteiger partial charge >= 0.3 is 0 Å². The largest absolute Gasteiger partial charge is 0.349 e. The van der Waals surface area contributed by atoms with Crippen LogP contribution in [0, 0.1) is 11.3 Å². The molecule has 1 aliphatic heterocycles. The number of hydrogen-bond acceptors (Lipinski definition) is 4. The van der Waals surface area contributed by atoms with Crippen LogP contribution in [0.25, 0.3) is 0 Å². The summed E-state index contributed by atoms with van der Waals surface area (Å²) in [7, 11) is 0. The summed E-state index contributed by atoms with van der Waals surface area (Å²) in [5, 5.41) is 11.7. The minimum atomic E-state index is -0.0184. The number of rotatable bonds is 3. The molecule has 0 aromatic carbocycles. The van der Waals surface area contributed by atoms with Gasteiger partial charge in [-0.15, -0.1) is 11.3 Å². The Balaban J connectivity index is 1.86. The normalized spacial score (nSPS) is 17.1. The van der Waals surface area contributed by atoms with Crippen LogP contribution in [-0.4, -0.2) is 36.5 Å². The number of thiophene rings is 1. The number of nitrogens with zero attached hydrogens (tertiary/aromatic N) is 2. The Morgan fingerprint density at radius 3 is 2.74 bits per heavy atom. The Hall–Kier alpha value is -0.420. The highest BCUT2D eigenvalue weighted by atomic mass is 79.9. The summed E-state index contributed by atoms with van der Waals surface area (Å²) < 4.78 is 1.84. The lowest BCUT2D eigenvalue weighted by molar-refractivity contribution is 0.0918. The number of nitriles is 1. The first-order valence-corrected chi connectivity index (χ1v) is 8.35. The van der Waals surface area contributed by atoms with Crippen molar-refractivity contribution >= 4 is 49.1 Å². The molecule has 0 spiro atoms. The van der Waals surface area contributed by atoms with Crippen LogP contribution in [0.3, 0.4) is 0 Å². The molecule has 0 saturated carbocycles. The third-order valence-electron chi connectivity index (χ3n) is 3.09. The first-order valence-electron chi connectivity index (χ1n) is 5.95. The lowest BCUT2D eigenvalue weighted by atomic mass is 10.1. The van der Waals surface area contributed by atoms with E-state index in [1.165, 1.54) is 11.3 Å². The van der Waals surface area contributed by atoms with Crippen molar-refractivity contribution in [1.82, 2.24) is 10.2 Å². The van der Waals surface area contributed by atoms with Crippen LogP contribution in [-0.2, 0) is 0 Å². The predicted octanol–water partition coefficient (Wildman–Crippen LogP) is 2.99. The zero-order valence-corrected chi connectivity index (χ0v) is 14.1. The molecule has 2 rings (SSSR count). The van der Waals surface area contributed by atoms with Gasteiger partial charge < -0.3 is 5.32 Å². The van der Waals surface area contributed by atoms with Crippen molar-refractivity contribution in [2.24, 2.45) is 0 Å². The molecule has 19 heavy (non-hydrogen) atoms. The molecule has 1 aromatic rings. The standard InChI is InChI=1S/C12H13Br2N3OS/c13-9-7-10(19-11(9)14)12(18)16-8-1-4-17(5-2-8)6-3-15/h7-8H,1-2,4-6H2,(H,16,18). The van der Waals surface area contributed by atoms with Crippen LogP contribution in [0.5, 0.6) is 0 Å². The first kappa shape index (κ1) is 15.0. The average Bonchev–Trinajstić information content (AvgIpc) is 2.72. The molecule has 2 heterocycles. The van der Waals surface area contributed by atoms with E-state index < -0.39 is 0 Å². The van der Waals surface area contributed by atoms with E-state index in [0.29, 0.717) is 11.4 Å². The van der Waals surface area contributed by atoms with Crippen LogP contribution in [0.2, 0.25) is 0 Å². The van der Waals surface area contributed by atoms with E-state index in [0.717, 1.165) is 34.2 Å². The van der Waals surface area contributed by atoms with E-state index in [1.54, 1.807) is 0 Å². The quantitative estimate of drug-likeness (QED) is 0.785. The molecule has 0 radical (unpaired) electrons. The van der Waals surface area contributed by atoms with E-state index in [-0.39, 0.29) is 11.9 Å². The minimum absolute atomic E-state index is 0.0184. The van der Waals surface area contributed by atoms with Gasteiger partial charge in [-0.05, 0) is 50.8 Å². The summed E-state index contributed by atoms with van der Waals surface area (Å²) >= 11 is 8.19. The van der Waals surface area contributed by atoms with E-state index in [2.05, 4.69) is 48.1 Å². The van der Waals surface area contributed by atoms with Crippen LogP contribution in [0.15, 0.2) is 14.3 Å². The maximum absolute atomic E-state index is 12.1. The smallest absolute Gasteiger partial charge is 0.261 e. The van der Waals surface area contributed by atoms with Gasteiger partial charge in [-0.25, -0.2) is 0 Å². The fraction of sp³-hybridized carbons (Fsp3) is 0.500. The Labute approximate surface area is 133 Å². The van der Waals surface area contributed by atoms with E-state index >= 15 is 0 Å². The molecular weight excluding hydrogens is 394 g/mol. The molecule has 1 N–H and O–H groups in total. The molecule has 1 aliphatic rings. The molecule has 7 heteroatoms. The van der Waals surface area contributed by atoms with Crippen LogP contribution in [0.4, 0.5) is 0 Å². The summed E-state index contributed by atoms with van der Waals surface area (Å²) in [6.07, 6.45) is 1.81. The first-order chi connectivity index (χ1) is 9.10. The topological polar surface area (TPSA) is 56.1 Å².